The predicted octanol–water partition coefficient (Wildman–Crippen LogP) is 1.03. The number of sulfonamides is 1. The van der Waals surface area contributed by atoms with Gasteiger partial charge in [0.05, 0.1) is 4.90 Å². The van der Waals surface area contributed by atoms with Crippen LogP contribution in [0.15, 0.2) is 39.3 Å². The van der Waals surface area contributed by atoms with Gasteiger partial charge in [-0.25, -0.2) is 18.2 Å². The molecule has 0 radical (unpaired) electrons. The Balaban J connectivity index is 1.57. The molecule has 2 aliphatic heterocycles. The van der Waals surface area contributed by atoms with Gasteiger partial charge < -0.3 is 10.1 Å². The summed E-state index contributed by atoms with van der Waals surface area (Å²) >= 11 is 0. The summed E-state index contributed by atoms with van der Waals surface area (Å²) < 4.78 is 32.8. The van der Waals surface area contributed by atoms with E-state index in [1.54, 1.807) is 0 Å². The van der Waals surface area contributed by atoms with Crippen LogP contribution in [0.1, 0.15) is 38.5 Å². The van der Waals surface area contributed by atoms with Crippen molar-refractivity contribution in [1.29, 1.82) is 0 Å². The number of carbonyl (C=O) groups is 3. The van der Waals surface area contributed by atoms with Crippen LogP contribution < -0.4 is 10.0 Å². The molecule has 11 nitrogen and oxygen atoms in total. The Morgan fingerprint density at radius 3 is 2.75 bits per heavy atom. The first-order valence-corrected chi connectivity index (χ1v) is 11.7. The highest BCUT2D eigenvalue weighted by molar-refractivity contribution is 7.90. The summed E-state index contributed by atoms with van der Waals surface area (Å²) in [7, 11) is -2.42. The minimum Gasteiger partial charge on any atom is -0.451 e. The zero-order valence-electron chi connectivity index (χ0n) is 17.7. The minimum atomic E-state index is -3.85. The van der Waals surface area contributed by atoms with E-state index in [1.807, 2.05) is 0 Å². The van der Waals surface area contributed by atoms with Crippen molar-refractivity contribution in [2.75, 3.05) is 25.5 Å². The Morgan fingerprint density at radius 1 is 1.16 bits per heavy atom. The number of carbonyl (C=O) groups excluding carboxylic acids is 3. The fourth-order valence-corrected chi connectivity index (χ4v) is 4.28. The lowest BCUT2D eigenvalue weighted by Gasteiger charge is -2.18. The topological polar surface area (TPSA) is 147 Å². The molecular weight excluding hydrogens is 438 g/mol. The van der Waals surface area contributed by atoms with E-state index in [0.29, 0.717) is 18.8 Å². The number of nitrogens with one attached hydrogen (secondary N) is 2. The highest BCUT2D eigenvalue weighted by Crippen LogP contribution is 2.17. The van der Waals surface area contributed by atoms with E-state index >= 15 is 0 Å². The second-order valence-corrected chi connectivity index (χ2v) is 9.04. The van der Waals surface area contributed by atoms with Crippen molar-refractivity contribution in [3.05, 3.63) is 24.3 Å². The largest absolute Gasteiger partial charge is 0.451 e. The summed E-state index contributed by atoms with van der Waals surface area (Å²) in [6.07, 6.45) is 3.65. The maximum absolute atomic E-state index is 12.7. The molecule has 2 N–H and O–H groups in total. The highest BCUT2D eigenvalue weighted by Gasteiger charge is 2.24. The van der Waals surface area contributed by atoms with Crippen molar-refractivity contribution in [3.63, 3.8) is 0 Å². The quantitative estimate of drug-likeness (QED) is 0.602. The van der Waals surface area contributed by atoms with Crippen LogP contribution in [0.5, 0.6) is 0 Å². The van der Waals surface area contributed by atoms with Crippen molar-refractivity contribution in [2.24, 2.45) is 10.1 Å². The summed E-state index contributed by atoms with van der Waals surface area (Å²) in [5.74, 6) is -1.21. The molecule has 2 aliphatic rings. The summed E-state index contributed by atoms with van der Waals surface area (Å²) in [5, 5.41) is 7.38. The molecule has 0 unspecified atom stereocenters. The van der Waals surface area contributed by atoms with Gasteiger partial charge in [-0.1, -0.05) is 12.5 Å². The molecule has 3 rings (SSSR count). The molecule has 1 aromatic rings. The lowest BCUT2D eigenvalue weighted by Crippen LogP contribution is -2.33. The number of benzene rings is 1. The number of rotatable bonds is 6. The SMILES string of the molecule is CN1N=C(C(=O)OCC(=O)Nc2cccc(S(=O)(=O)NC3=NCCCCC3)c2)CCC1=O. The zero-order valence-corrected chi connectivity index (χ0v) is 18.5. The van der Waals surface area contributed by atoms with Gasteiger partial charge >= 0.3 is 5.97 Å². The number of hydrogen-bond acceptors (Lipinski definition) is 8. The van der Waals surface area contributed by atoms with Crippen LogP contribution in [-0.4, -0.2) is 63.0 Å². The third-order valence-corrected chi connectivity index (χ3v) is 6.21. The second kappa shape index (κ2) is 10.4. The van der Waals surface area contributed by atoms with Crippen molar-refractivity contribution < 1.29 is 27.5 Å². The van der Waals surface area contributed by atoms with Gasteiger partial charge in [-0.15, -0.1) is 0 Å². The van der Waals surface area contributed by atoms with Crippen LogP contribution in [0, 0.1) is 0 Å². The van der Waals surface area contributed by atoms with E-state index < -0.39 is 28.5 Å². The van der Waals surface area contributed by atoms with Crippen molar-refractivity contribution in [1.82, 2.24) is 9.73 Å². The molecule has 0 fully saturated rings. The fourth-order valence-electron chi connectivity index (χ4n) is 3.14. The van der Waals surface area contributed by atoms with Crippen LogP contribution in [-0.2, 0) is 29.1 Å². The van der Waals surface area contributed by atoms with E-state index in [4.69, 9.17) is 4.74 Å². The number of esters is 1. The van der Waals surface area contributed by atoms with Crippen molar-refractivity contribution >= 4 is 45.0 Å². The molecule has 1 aromatic carbocycles. The third-order valence-electron chi connectivity index (χ3n) is 4.83. The number of hydrogen-bond donors (Lipinski definition) is 2. The molecule has 0 aromatic heterocycles. The van der Waals surface area contributed by atoms with Gasteiger partial charge in [-0.2, -0.15) is 5.10 Å². The average Bonchev–Trinajstić information content (AvgIpc) is 3.02. The average molecular weight is 464 g/mol. The lowest BCUT2D eigenvalue weighted by molar-refractivity contribution is -0.141. The monoisotopic (exact) mass is 463 g/mol. The molecule has 172 valence electrons. The Labute approximate surface area is 186 Å². The number of aliphatic imine (C=N–C) groups is 1. The van der Waals surface area contributed by atoms with E-state index in [0.717, 1.165) is 24.3 Å². The van der Waals surface area contributed by atoms with Crippen LogP contribution in [0.4, 0.5) is 5.69 Å². The number of anilines is 1. The van der Waals surface area contributed by atoms with Gasteiger partial charge in [-0.3, -0.25) is 19.3 Å². The van der Waals surface area contributed by atoms with Crippen LogP contribution in [0.25, 0.3) is 0 Å². The standard InChI is InChI=1S/C20H25N5O6S/c1-25-19(27)10-9-16(23-25)20(28)31-13-18(26)22-14-6-5-7-15(12-14)32(29,30)24-17-8-3-2-4-11-21-17/h5-7,12H,2-4,8-11,13H2,1H3,(H,21,24)(H,22,26). The minimum absolute atomic E-state index is 0.0245. The summed E-state index contributed by atoms with van der Waals surface area (Å²) in [6.45, 7) is 0.00718. The maximum Gasteiger partial charge on any atom is 0.355 e. The zero-order chi connectivity index (χ0) is 23.1. The summed E-state index contributed by atoms with van der Waals surface area (Å²) in [5.41, 5.74) is 0.289. The number of hydrazone groups is 1. The smallest absolute Gasteiger partial charge is 0.355 e. The molecule has 2 heterocycles. The first kappa shape index (κ1) is 23.4. The first-order valence-electron chi connectivity index (χ1n) is 10.2. The fraction of sp³-hybridized carbons (Fsp3) is 0.450. The highest BCUT2D eigenvalue weighted by atomic mass is 32.2. The van der Waals surface area contributed by atoms with Crippen LogP contribution in [0.2, 0.25) is 0 Å². The molecule has 0 aliphatic carbocycles. The van der Waals surface area contributed by atoms with E-state index in [1.165, 1.54) is 31.3 Å². The Kier molecular flexibility index (Phi) is 7.57. The molecule has 0 bridgehead atoms. The summed E-state index contributed by atoms with van der Waals surface area (Å²) in [6, 6.07) is 5.74. The third kappa shape index (κ3) is 6.36. The van der Waals surface area contributed by atoms with Gasteiger partial charge in [0.15, 0.2) is 6.61 Å². The molecule has 0 spiro atoms. The normalized spacial score (nSPS) is 17.0. The first-order chi connectivity index (χ1) is 15.2. The molecular formula is C20H25N5O6S. The van der Waals surface area contributed by atoms with E-state index in [9.17, 15) is 22.8 Å². The van der Waals surface area contributed by atoms with E-state index in [-0.39, 0.29) is 35.0 Å². The van der Waals surface area contributed by atoms with Gasteiger partial charge in [0, 0.05) is 38.5 Å². The molecule has 0 saturated carbocycles. The molecule has 2 amide bonds. The molecule has 12 heteroatoms. The van der Waals surface area contributed by atoms with Crippen LogP contribution >= 0.6 is 0 Å². The van der Waals surface area contributed by atoms with Crippen molar-refractivity contribution in [2.45, 2.75) is 43.4 Å². The number of ether oxygens (including phenoxy) is 1. The van der Waals surface area contributed by atoms with Crippen LogP contribution in [0.3, 0.4) is 0 Å². The van der Waals surface area contributed by atoms with Gasteiger partial charge in [-0.05, 0) is 31.0 Å². The Hall–Kier alpha value is -3.28. The Morgan fingerprint density at radius 2 is 1.97 bits per heavy atom. The molecule has 0 atom stereocenters. The predicted molar refractivity (Wildman–Crippen MR) is 117 cm³/mol. The number of amidine groups is 1. The lowest BCUT2D eigenvalue weighted by atomic mass is 10.2. The number of amides is 2. The molecule has 32 heavy (non-hydrogen) atoms. The van der Waals surface area contributed by atoms with Gasteiger partial charge in [0.1, 0.15) is 11.5 Å². The number of nitrogens with zero attached hydrogens (tertiary/aromatic N) is 3. The Bertz CT molecular complexity index is 1070. The second-order valence-electron chi connectivity index (χ2n) is 7.36. The van der Waals surface area contributed by atoms with Gasteiger partial charge in [0.25, 0.3) is 15.9 Å². The summed E-state index contributed by atoms with van der Waals surface area (Å²) in [4.78, 5) is 39.8. The molecule has 0 saturated heterocycles. The van der Waals surface area contributed by atoms with Gasteiger partial charge in [0.2, 0.25) is 5.91 Å². The maximum atomic E-state index is 12.7. The van der Waals surface area contributed by atoms with E-state index in [2.05, 4.69) is 20.1 Å². The van der Waals surface area contributed by atoms with Crippen molar-refractivity contribution in [3.8, 4) is 0 Å².